The topological polar surface area (TPSA) is 47.6 Å². The smallest absolute Gasteiger partial charge is 0.180 e. The fourth-order valence-corrected chi connectivity index (χ4v) is 1.69. The van der Waals surface area contributed by atoms with E-state index in [0.29, 0.717) is 24.5 Å². The lowest BCUT2D eigenvalue weighted by atomic mass is 10.1. The van der Waals surface area contributed by atoms with Crippen molar-refractivity contribution in [3.05, 3.63) is 29.8 Å². The van der Waals surface area contributed by atoms with Crippen molar-refractivity contribution >= 4 is 5.78 Å². The summed E-state index contributed by atoms with van der Waals surface area (Å²) < 4.78 is 10.6. The van der Waals surface area contributed by atoms with E-state index in [4.69, 9.17) is 9.47 Å². The Hall–Kier alpha value is -1.39. The van der Waals surface area contributed by atoms with Crippen molar-refractivity contribution in [1.29, 1.82) is 0 Å². The molecule has 1 rings (SSSR count). The SMILES string of the molecule is COc1ccccc1C(=O)CNCCCOC(C)C. The molecule has 0 atom stereocenters. The highest BCUT2D eigenvalue weighted by atomic mass is 16.5. The number of para-hydroxylation sites is 1. The predicted octanol–water partition coefficient (Wildman–Crippen LogP) is 2.28. The fraction of sp³-hybridized carbons (Fsp3) is 0.533. The molecular formula is C15H23NO3. The van der Waals surface area contributed by atoms with Crippen LogP contribution in [0, 0.1) is 0 Å². The van der Waals surface area contributed by atoms with Gasteiger partial charge in [-0.15, -0.1) is 0 Å². The molecule has 4 heteroatoms. The van der Waals surface area contributed by atoms with E-state index in [2.05, 4.69) is 5.32 Å². The molecule has 1 aromatic carbocycles. The van der Waals surface area contributed by atoms with Gasteiger partial charge in [-0.2, -0.15) is 0 Å². The van der Waals surface area contributed by atoms with Gasteiger partial charge >= 0.3 is 0 Å². The number of nitrogens with one attached hydrogen (secondary N) is 1. The monoisotopic (exact) mass is 265 g/mol. The van der Waals surface area contributed by atoms with E-state index in [1.807, 2.05) is 26.0 Å². The van der Waals surface area contributed by atoms with E-state index in [1.165, 1.54) is 0 Å². The number of carbonyl (C=O) groups is 1. The van der Waals surface area contributed by atoms with Crippen molar-refractivity contribution in [1.82, 2.24) is 5.32 Å². The highest BCUT2D eigenvalue weighted by molar-refractivity contribution is 6.00. The molecule has 106 valence electrons. The summed E-state index contributed by atoms with van der Waals surface area (Å²) in [4.78, 5) is 12.0. The Morgan fingerprint density at radius 2 is 2.05 bits per heavy atom. The van der Waals surface area contributed by atoms with Gasteiger partial charge in [-0.1, -0.05) is 12.1 Å². The Kier molecular flexibility index (Phi) is 7.15. The Balaban J connectivity index is 2.28. The number of ether oxygens (including phenoxy) is 2. The molecule has 19 heavy (non-hydrogen) atoms. The van der Waals surface area contributed by atoms with Crippen LogP contribution in [0.4, 0.5) is 0 Å². The van der Waals surface area contributed by atoms with E-state index < -0.39 is 0 Å². The average molecular weight is 265 g/mol. The van der Waals surface area contributed by atoms with Crippen molar-refractivity contribution in [2.24, 2.45) is 0 Å². The minimum atomic E-state index is 0.0437. The van der Waals surface area contributed by atoms with Gasteiger partial charge in [0, 0.05) is 6.61 Å². The lowest BCUT2D eigenvalue weighted by molar-refractivity contribution is 0.0767. The standard InChI is InChI=1S/C15H23NO3/c1-12(2)19-10-6-9-16-11-14(17)13-7-4-5-8-15(13)18-3/h4-5,7-8,12,16H,6,9-11H2,1-3H3. The lowest BCUT2D eigenvalue weighted by Gasteiger charge is -2.09. The maximum atomic E-state index is 12.0. The van der Waals surface area contributed by atoms with Gasteiger partial charge < -0.3 is 14.8 Å². The Morgan fingerprint density at radius 3 is 2.74 bits per heavy atom. The van der Waals surface area contributed by atoms with Crippen LogP contribution < -0.4 is 10.1 Å². The van der Waals surface area contributed by atoms with Crippen molar-refractivity contribution < 1.29 is 14.3 Å². The third-order valence-corrected chi connectivity index (χ3v) is 2.64. The van der Waals surface area contributed by atoms with Crippen LogP contribution >= 0.6 is 0 Å². The second-order valence-electron chi connectivity index (χ2n) is 4.57. The number of methoxy groups -OCH3 is 1. The molecule has 0 heterocycles. The van der Waals surface area contributed by atoms with Gasteiger partial charge in [0.25, 0.3) is 0 Å². The molecule has 0 fully saturated rings. The fourth-order valence-electron chi connectivity index (χ4n) is 1.69. The first-order chi connectivity index (χ1) is 9.15. The van der Waals surface area contributed by atoms with E-state index in [-0.39, 0.29) is 11.9 Å². The maximum absolute atomic E-state index is 12.0. The van der Waals surface area contributed by atoms with Crippen LogP contribution in [0.5, 0.6) is 5.75 Å². The summed E-state index contributed by atoms with van der Waals surface area (Å²) in [5.74, 6) is 0.666. The summed E-state index contributed by atoms with van der Waals surface area (Å²) in [5.41, 5.74) is 0.621. The van der Waals surface area contributed by atoms with Crippen LogP contribution in [0.3, 0.4) is 0 Å². The van der Waals surface area contributed by atoms with E-state index in [1.54, 1.807) is 19.2 Å². The minimum absolute atomic E-state index is 0.0437. The largest absolute Gasteiger partial charge is 0.496 e. The molecule has 0 saturated heterocycles. The highest BCUT2D eigenvalue weighted by Gasteiger charge is 2.10. The Bertz CT molecular complexity index is 391. The molecule has 4 nitrogen and oxygen atoms in total. The van der Waals surface area contributed by atoms with Crippen molar-refractivity contribution in [3.8, 4) is 5.75 Å². The number of rotatable bonds is 9. The van der Waals surface area contributed by atoms with Crippen molar-refractivity contribution in [2.45, 2.75) is 26.4 Å². The zero-order chi connectivity index (χ0) is 14.1. The lowest BCUT2D eigenvalue weighted by Crippen LogP contribution is -2.25. The van der Waals surface area contributed by atoms with Gasteiger partial charge in [0.05, 0.1) is 25.3 Å². The van der Waals surface area contributed by atoms with E-state index in [0.717, 1.165) is 13.0 Å². The molecule has 0 spiro atoms. The van der Waals surface area contributed by atoms with Crippen LogP contribution in [-0.4, -0.2) is 38.7 Å². The summed E-state index contributed by atoms with van der Waals surface area (Å²) >= 11 is 0. The van der Waals surface area contributed by atoms with Gasteiger partial charge in [-0.3, -0.25) is 4.79 Å². The van der Waals surface area contributed by atoms with Gasteiger partial charge in [-0.05, 0) is 38.9 Å². The molecule has 1 N–H and O–H groups in total. The third kappa shape index (κ3) is 5.85. The molecule has 0 aromatic heterocycles. The van der Waals surface area contributed by atoms with Crippen LogP contribution in [0.1, 0.15) is 30.6 Å². The summed E-state index contributed by atoms with van der Waals surface area (Å²) in [6.07, 6.45) is 1.16. The van der Waals surface area contributed by atoms with Gasteiger partial charge in [0.15, 0.2) is 5.78 Å². The first-order valence-corrected chi connectivity index (χ1v) is 6.63. The van der Waals surface area contributed by atoms with Crippen LogP contribution in [0.2, 0.25) is 0 Å². The molecule has 0 saturated carbocycles. The normalized spacial score (nSPS) is 10.7. The molecule has 0 bridgehead atoms. The first-order valence-electron chi connectivity index (χ1n) is 6.63. The van der Waals surface area contributed by atoms with Crippen LogP contribution in [0.25, 0.3) is 0 Å². The summed E-state index contributed by atoms with van der Waals surface area (Å²) in [7, 11) is 1.57. The highest BCUT2D eigenvalue weighted by Crippen LogP contribution is 2.17. The van der Waals surface area contributed by atoms with Crippen LogP contribution in [0.15, 0.2) is 24.3 Å². The number of hydrogen-bond acceptors (Lipinski definition) is 4. The second-order valence-corrected chi connectivity index (χ2v) is 4.57. The number of hydrogen-bond donors (Lipinski definition) is 1. The van der Waals surface area contributed by atoms with Gasteiger partial charge in [-0.25, -0.2) is 0 Å². The van der Waals surface area contributed by atoms with Crippen molar-refractivity contribution in [3.63, 3.8) is 0 Å². The zero-order valence-corrected chi connectivity index (χ0v) is 11.9. The molecular weight excluding hydrogens is 242 g/mol. The Morgan fingerprint density at radius 1 is 1.32 bits per heavy atom. The molecule has 0 aliphatic heterocycles. The number of Topliss-reactive ketones (excluding diaryl/α,β-unsaturated/α-hetero) is 1. The summed E-state index contributed by atoms with van der Waals surface area (Å²) in [6.45, 7) is 5.83. The van der Waals surface area contributed by atoms with E-state index in [9.17, 15) is 4.79 Å². The molecule has 0 aliphatic carbocycles. The molecule has 1 aromatic rings. The molecule has 0 radical (unpaired) electrons. The minimum Gasteiger partial charge on any atom is -0.496 e. The zero-order valence-electron chi connectivity index (χ0n) is 11.9. The molecule has 0 aliphatic rings. The molecule has 0 amide bonds. The van der Waals surface area contributed by atoms with Gasteiger partial charge in [0.2, 0.25) is 0 Å². The Labute approximate surface area is 115 Å². The maximum Gasteiger partial charge on any atom is 0.180 e. The summed E-state index contributed by atoms with van der Waals surface area (Å²) in [6, 6.07) is 7.27. The third-order valence-electron chi connectivity index (χ3n) is 2.64. The molecule has 0 unspecified atom stereocenters. The number of ketones is 1. The predicted molar refractivity (Wildman–Crippen MR) is 75.9 cm³/mol. The summed E-state index contributed by atoms with van der Waals surface area (Å²) in [5, 5.41) is 3.12. The number of benzene rings is 1. The van der Waals surface area contributed by atoms with Crippen molar-refractivity contribution in [2.75, 3.05) is 26.8 Å². The number of carbonyl (C=O) groups excluding carboxylic acids is 1. The average Bonchev–Trinajstić information content (AvgIpc) is 2.42. The first kappa shape index (κ1) is 15.7. The van der Waals surface area contributed by atoms with Crippen LogP contribution in [-0.2, 0) is 4.74 Å². The van der Waals surface area contributed by atoms with Gasteiger partial charge in [0.1, 0.15) is 5.75 Å². The second kappa shape index (κ2) is 8.67. The quantitative estimate of drug-likeness (QED) is 0.549. The van der Waals surface area contributed by atoms with E-state index >= 15 is 0 Å².